The first kappa shape index (κ1) is 23.4. The number of ether oxygens (including phenoxy) is 2. The van der Waals surface area contributed by atoms with Gasteiger partial charge in [-0.2, -0.15) is 0 Å². The zero-order chi connectivity index (χ0) is 22.4. The molecule has 10 heteroatoms. The molecule has 1 aromatic carbocycles. The molecule has 3 rings (SSSR count). The first-order valence-electron chi connectivity index (χ1n) is 9.92. The summed E-state index contributed by atoms with van der Waals surface area (Å²) < 4.78 is 11.7. The van der Waals surface area contributed by atoms with E-state index in [9.17, 15) is 14.4 Å². The molecule has 166 valence electrons. The summed E-state index contributed by atoms with van der Waals surface area (Å²) in [5.41, 5.74) is 1.72. The van der Waals surface area contributed by atoms with Gasteiger partial charge in [-0.15, -0.1) is 11.8 Å². The summed E-state index contributed by atoms with van der Waals surface area (Å²) in [6.45, 7) is 4.88. The molecule has 8 nitrogen and oxygen atoms in total. The van der Waals surface area contributed by atoms with Crippen molar-refractivity contribution in [3.05, 3.63) is 45.9 Å². The number of aromatic nitrogens is 2. The van der Waals surface area contributed by atoms with E-state index < -0.39 is 5.97 Å². The second kappa shape index (κ2) is 10.8. The average molecular weight is 464 g/mol. The van der Waals surface area contributed by atoms with Crippen LogP contribution in [0.25, 0.3) is 0 Å². The lowest BCUT2D eigenvalue weighted by Gasteiger charge is -2.13. The minimum atomic E-state index is -0.403. The maximum atomic E-state index is 12.9. The van der Waals surface area contributed by atoms with Crippen molar-refractivity contribution in [2.45, 2.75) is 42.1 Å². The van der Waals surface area contributed by atoms with E-state index in [2.05, 4.69) is 17.2 Å². The van der Waals surface area contributed by atoms with Crippen LogP contribution in [0.15, 0.2) is 39.1 Å². The quantitative estimate of drug-likeness (QED) is 0.344. The molecule has 0 radical (unpaired) electrons. The number of rotatable bonds is 9. The number of fused-ring (bicyclic) bond motifs is 1. The molecule has 0 saturated carbocycles. The Kier molecular flexibility index (Phi) is 8.16. The van der Waals surface area contributed by atoms with Gasteiger partial charge in [0.05, 0.1) is 41.7 Å². The fourth-order valence-electron chi connectivity index (χ4n) is 3.05. The third kappa shape index (κ3) is 5.90. The molecule has 1 aliphatic heterocycles. The van der Waals surface area contributed by atoms with Crippen molar-refractivity contribution in [2.75, 3.05) is 31.4 Å². The number of carbonyl (C=O) groups excluding carboxylic acids is 2. The van der Waals surface area contributed by atoms with Gasteiger partial charge in [-0.3, -0.25) is 14.2 Å². The molecular formula is C21H25N3O5S2. The Morgan fingerprint density at radius 2 is 2.06 bits per heavy atom. The average Bonchev–Trinajstić information content (AvgIpc) is 3.13. The van der Waals surface area contributed by atoms with E-state index in [1.165, 1.54) is 11.8 Å². The van der Waals surface area contributed by atoms with Crippen molar-refractivity contribution in [1.29, 1.82) is 0 Å². The summed E-state index contributed by atoms with van der Waals surface area (Å²) in [6, 6.07) is 6.50. The Balaban J connectivity index is 1.67. The second-order valence-corrected chi connectivity index (χ2v) is 9.28. The number of nitrogens with one attached hydrogen (secondary N) is 1. The molecule has 0 bridgehead atoms. The summed E-state index contributed by atoms with van der Waals surface area (Å²) in [5.74, 6) is -0.537. The van der Waals surface area contributed by atoms with E-state index in [4.69, 9.17) is 9.47 Å². The van der Waals surface area contributed by atoms with Crippen molar-refractivity contribution in [1.82, 2.24) is 9.55 Å². The number of nitrogens with zero attached hydrogens (tertiary/aromatic N) is 2. The van der Waals surface area contributed by atoms with Gasteiger partial charge in [-0.05, 0) is 31.2 Å². The van der Waals surface area contributed by atoms with Crippen LogP contribution in [-0.4, -0.2) is 52.8 Å². The second-order valence-electron chi connectivity index (χ2n) is 6.89. The predicted molar refractivity (Wildman–Crippen MR) is 121 cm³/mol. The van der Waals surface area contributed by atoms with E-state index in [1.807, 2.05) is 0 Å². The van der Waals surface area contributed by atoms with E-state index in [1.54, 1.807) is 54.6 Å². The lowest BCUT2D eigenvalue weighted by Crippen LogP contribution is -2.27. The maximum absolute atomic E-state index is 12.9. The van der Waals surface area contributed by atoms with Crippen molar-refractivity contribution in [2.24, 2.45) is 0 Å². The number of thioether (sulfide) groups is 2. The Hall–Kier alpha value is -2.30. The molecule has 1 aromatic heterocycles. The van der Waals surface area contributed by atoms with E-state index in [0.29, 0.717) is 46.3 Å². The van der Waals surface area contributed by atoms with E-state index in [-0.39, 0.29) is 17.2 Å². The van der Waals surface area contributed by atoms with Crippen LogP contribution in [0.1, 0.15) is 29.9 Å². The summed E-state index contributed by atoms with van der Waals surface area (Å²) in [4.78, 5) is 42.4. The van der Waals surface area contributed by atoms with Gasteiger partial charge in [-0.25, -0.2) is 9.78 Å². The summed E-state index contributed by atoms with van der Waals surface area (Å²) >= 11 is 2.77. The highest BCUT2D eigenvalue weighted by atomic mass is 32.2. The highest BCUT2D eigenvalue weighted by molar-refractivity contribution is 8.00. The predicted octanol–water partition coefficient (Wildman–Crippen LogP) is 2.83. The molecular weight excluding hydrogens is 438 g/mol. The maximum Gasteiger partial charge on any atom is 0.338 e. The van der Waals surface area contributed by atoms with E-state index in [0.717, 1.165) is 12.1 Å². The zero-order valence-corrected chi connectivity index (χ0v) is 19.3. The minimum absolute atomic E-state index is 0.0751. The van der Waals surface area contributed by atoms with Crippen molar-refractivity contribution in [3.8, 4) is 0 Å². The minimum Gasteiger partial charge on any atom is -0.462 e. The molecule has 1 N–H and O–H groups in total. The van der Waals surface area contributed by atoms with Crippen LogP contribution in [0.2, 0.25) is 0 Å². The fraction of sp³-hybridized carbons (Fsp3) is 0.429. The highest BCUT2D eigenvalue weighted by Gasteiger charge is 2.26. The molecule has 0 spiro atoms. The molecule has 0 fully saturated rings. The number of methoxy groups -OCH3 is 1. The molecule has 1 unspecified atom stereocenters. The molecule has 1 aliphatic rings. The number of carbonyl (C=O) groups is 2. The van der Waals surface area contributed by atoms with Crippen LogP contribution in [0.5, 0.6) is 0 Å². The molecule has 2 heterocycles. The Morgan fingerprint density at radius 1 is 1.32 bits per heavy atom. The lowest BCUT2D eigenvalue weighted by atomic mass is 10.2. The number of hydrogen-bond acceptors (Lipinski definition) is 8. The number of anilines is 1. The number of esters is 1. The number of hydrogen-bond donors (Lipinski definition) is 1. The molecule has 0 saturated heterocycles. The van der Waals surface area contributed by atoms with Crippen molar-refractivity contribution >= 4 is 41.1 Å². The van der Waals surface area contributed by atoms with Crippen LogP contribution in [-0.2, 0) is 27.2 Å². The standard InChI is InChI=1S/C21H25N3O5S2/c1-4-29-20(27)14-5-7-15(8-6-14)22-17(25)12-30-21-23-16-11-13(2)31-18(16)19(26)24(21)9-10-28-3/h5-8,13H,4,9-12H2,1-3H3,(H,22,25). The largest absolute Gasteiger partial charge is 0.462 e. The monoisotopic (exact) mass is 463 g/mol. The normalized spacial score (nSPS) is 14.9. The van der Waals surface area contributed by atoms with Crippen molar-refractivity contribution < 1.29 is 19.1 Å². The van der Waals surface area contributed by atoms with Crippen LogP contribution < -0.4 is 10.9 Å². The number of benzene rings is 1. The molecule has 0 aliphatic carbocycles. The smallest absolute Gasteiger partial charge is 0.338 e. The Labute approximate surface area is 189 Å². The lowest BCUT2D eigenvalue weighted by molar-refractivity contribution is -0.113. The van der Waals surface area contributed by atoms with Crippen LogP contribution >= 0.6 is 23.5 Å². The SMILES string of the molecule is CCOC(=O)c1ccc(NC(=O)CSc2nc3c(c(=O)n2CCOC)SC(C)C3)cc1. The molecule has 31 heavy (non-hydrogen) atoms. The third-order valence-corrected chi connectivity index (χ3v) is 6.69. The molecule has 1 amide bonds. The molecule has 1 atom stereocenters. The van der Waals surface area contributed by atoms with Gasteiger partial charge >= 0.3 is 5.97 Å². The summed E-state index contributed by atoms with van der Waals surface area (Å²) in [6.07, 6.45) is 0.743. The van der Waals surface area contributed by atoms with Crippen molar-refractivity contribution in [3.63, 3.8) is 0 Å². The van der Waals surface area contributed by atoms with Gasteiger partial charge in [0.25, 0.3) is 5.56 Å². The van der Waals surface area contributed by atoms with Crippen LogP contribution in [0.4, 0.5) is 5.69 Å². The van der Waals surface area contributed by atoms with Crippen LogP contribution in [0, 0.1) is 0 Å². The topological polar surface area (TPSA) is 99.5 Å². The first-order valence-corrected chi connectivity index (χ1v) is 11.8. The first-order chi connectivity index (χ1) is 14.9. The van der Waals surface area contributed by atoms with Crippen LogP contribution in [0.3, 0.4) is 0 Å². The summed E-state index contributed by atoms with van der Waals surface area (Å²) in [5, 5.41) is 3.62. The van der Waals surface area contributed by atoms with Gasteiger partial charge in [0.15, 0.2) is 5.16 Å². The Morgan fingerprint density at radius 3 is 2.74 bits per heavy atom. The zero-order valence-electron chi connectivity index (χ0n) is 17.7. The number of amides is 1. The molecule has 2 aromatic rings. The van der Waals surface area contributed by atoms with E-state index >= 15 is 0 Å². The van der Waals surface area contributed by atoms with Gasteiger partial charge in [-0.1, -0.05) is 18.7 Å². The summed E-state index contributed by atoms with van der Waals surface area (Å²) in [7, 11) is 1.58. The fourth-order valence-corrected chi connectivity index (χ4v) is 5.01. The third-order valence-electron chi connectivity index (χ3n) is 4.49. The highest BCUT2D eigenvalue weighted by Crippen LogP contribution is 2.34. The van der Waals surface area contributed by atoms with Gasteiger partial charge < -0.3 is 14.8 Å². The van der Waals surface area contributed by atoms with Gasteiger partial charge in [0.1, 0.15) is 0 Å². The van der Waals surface area contributed by atoms with Gasteiger partial charge in [0, 0.05) is 24.5 Å². The Bertz CT molecular complexity index is 1010. The van der Waals surface area contributed by atoms with Gasteiger partial charge in [0.2, 0.25) is 5.91 Å².